The van der Waals surface area contributed by atoms with Crippen LogP contribution >= 0.6 is 0 Å². The number of carbonyl (C=O) groups is 1. The first-order valence-corrected chi connectivity index (χ1v) is 6.96. The molecule has 112 valence electrons. The molecule has 5 nitrogen and oxygen atoms in total. The number of amides is 1. The summed E-state index contributed by atoms with van der Waals surface area (Å²) in [6, 6.07) is 7.26. The van der Waals surface area contributed by atoms with Crippen molar-refractivity contribution < 1.29 is 14.6 Å². The Balaban J connectivity index is 2.51. The Morgan fingerprint density at radius 3 is 2.85 bits per heavy atom. The van der Waals surface area contributed by atoms with Crippen molar-refractivity contribution >= 4 is 11.6 Å². The summed E-state index contributed by atoms with van der Waals surface area (Å²) in [6.07, 6.45) is 2.09. The van der Waals surface area contributed by atoms with Crippen molar-refractivity contribution in [3.63, 3.8) is 0 Å². The standard InChI is InChI=1S/C15H24N2O3/c1-3-4-8-17(9-10-18)12-15(19)16-13-6-5-7-14(11-13)20-2/h5-7,11,18H,3-4,8-10,12H2,1-2H3,(H,16,19). The zero-order valence-corrected chi connectivity index (χ0v) is 12.3. The normalized spacial score (nSPS) is 10.6. The van der Waals surface area contributed by atoms with Crippen molar-refractivity contribution in [1.29, 1.82) is 0 Å². The lowest BCUT2D eigenvalue weighted by atomic mass is 10.3. The van der Waals surface area contributed by atoms with Gasteiger partial charge in [0, 0.05) is 18.3 Å². The lowest BCUT2D eigenvalue weighted by molar-refractivity contribution is -0.117. The summed E-state index contributed by atoms with van der Waals surface area (Å²) >= 11 is 0. The van der Waals surface area contributed by atoms with Gasteiger partial charge >= 0.3 is 0 Å². The molecule has 1 aromatic carbocycles. The van der Waals surface area contributed by atoms with Crippen LogP contribution in [0.3, 0.4) is 0 Å². The Kier molecular flexibility index (Phi) is 7.69. The quantitative estimate of drug-likeness (QED) is 0.723. The van der Waals surface area contributed by atoms with Crippen molar-refractivity contribution in [2.75, 3.05) is 38.7 Å². The molecule has 5 heteroatoms. The zero-order valence-electron chi connectivity index (χ0n) is 12.3. The fourth-order valence-electron chi connectivity index (χ4n) is 1.90. The summed E-state index contributed by atoms with van der Waals surface area (Å²) in [5, 5.41) is 11.9. The first-order chi connectivity index (χ1) is 9.69. The van der Waals surface area contributed by atoms with Crippen molar-refractivity contribution in [2.24, 2.45) is 0 Å². The van der Waals surface area contributed by atoms with Crippen molar-refractivity contribution in [2.45, 2.75) is 19.8 Å². The van der Waals surface area contributed by atoms with Crippen LogP contribution in [0.1, 0.15) is 19.8 Å². The van der Waals surface area contributed by atoms with Gasteiger partial charge in [-0.05, 0) is 25.1 Å². The fraction of sp³-hybridized carbons (Fsp3) is 0.533. The van der Waals surface area contributed by atoms with Crippen LogP contribution in [0, 0.1) is 0 Å². The summed E-state index contributed by atoms with van der Waals surface area (Å²) < 4.78 is 5.11. The molecular weight excluding hydrogens is 256 g/mol. The summed E-state index contributed by atoms with van der Waals surface area (Å²) in [4.78, 5) is 13.9. The summed E-state index contributed by atoms with van der Waals surface area (Å²) in [5.74, 6) is 0.629. The third-order valence-corrected chi connectivity index (χ3v) is 2.96. The number of carbonyl (C=O) groups excluding carboxylic acids is 1. The second kappa shape index (κ2) is 9.34. The molecule has 0 fully saturated rings. The number of nitrogens with one attached hydrogen (secondary N) is 1. The largest absolute Gasteiger partial charge is 0.497 e. The molecule has 0 bridgehead atoms. The minimum absolute atomic E-state index is 0.0656. The SMILES string of the molecule is CCCCN(CCO)CC(=O)Nc1cccc(OC)c1. The van der Waals surface area contributed by atoms with Gasteiger partial charge in [-0.25, -0.2) is 0 Å². The fourth-order valence-corrected chi connectivity index (χ4v) is 1.90. The van der Waals surface area contributed by atoms with E-state index in [1.54, 1.807) is 13.2 Å². The lowest BCUT2D eigenvalue weighted by Gasteiger charge is -2.20. The molecule has 20 heavy (non-hydrogen) atoms. The summed E-state index contributed by atoms with van der Waals surface area (Å²) in [5.41, 5.74) is 0.716. The van der Waals surface area contributed by atoms with Crippen molar-refractivity contribution in [3.8, 4) is 5.75 Å². The Hall–Kier alpha value is -1.59. The summed E-state index contributed by atoms with van der Waals surface area (Å²) in [7, 11) is 1.59. The number of aliphatic hydroxyl groups excluding tert-OH is 1. The van der Waals surface area contributed by atoms with Gasteiger partial charge < -0.3 is 15.2 Å². The zero-order chi connectivity index (χ0) is 14.8. The van der Waals surface area contributed by atoms with Gasteiger partial charge in [-0.1, -0.05) is 19.4 Å². The highest BCUT2D eigenvalue weighted by molar-refractivity contribution is 5.92. The molecule has 0 aliphatic rings. The molecule has 0 radical (unpaired) electrons. The van der Waals surface area contributed by atoms with Gasteiger partial charge in [0.25, 0.3) is 0 Å². The number of benzene rings is 1. The maximum Gasteiger partial charge on any atom is 0.238 e. The van der Waals surface area contributed by atoms with E-state index in [0.717, 1.165) is 19.4 Å². The van der Waals surface area contributed by atoms with Gasteiger partial charge in [-0.3, -0.25) is 9.69 Å². The van der Waals surface area contributed by atoms with E-state index in [9.17, 15) is 4.79 Å². The molecule has 0 spiro atoms. The topological polar surface area (TPSA) is 61.8 Å². The van der Waals surface area contributed by atoms with E-state index in [2.05, 4.69) is 12.2 Å². The minimum Gasteiger partial charge on any atom is -0.497 e. The molecular formula is C15H24N2O3. The van der Waals surface area contributed by atoms with E-state index in [1.165, 1.54) is 0 Å². The maximum absolute atomic E-state index is 12.0. The highest BCUT2D eigenvalue weighted by Crippen LogP contribution is 2.16. The van der Waals surface area contributed by atoms with Gasteiger partial charge in [-0.2, -0.15) is 0 Å². The molecule has 0 aromatic heterocycles. The Bertz CT molecular complexity index is 410. The van der Waals surface area contributed by atoms with Crippen molar-refractivity contribution in [3.05, 3.63) is 24.3 Å². The number of unbranched alkanes of at least 4 members (excludes halogenated alkanes) is 1. The number of hydrogen-bond donors (Lipinski definition) is 2. The Morgan fingerprint density at radius 2 is 2.20 bits per heavy atom. The van der Waals surface area contributed by atoms with Crippen molar-refractivity contribution in [1.82, 2.24) is 4.90 Å². The summed E-state index contributed by atoms with van der Waals surface area (Å²) in [6.45, 7) is 3.80. The van der Waals surface area contributed by atoms with E-state index in [0.29, 0.717) is 18.0 Å². The molecule has 0 aliphatic carbocycles. The average Bonchev–Trinajstić information content (AvgIpc) is 2.45. The maximum atomic E-state index is 12.0. The number of nitrogens with zero attached hydrogens (tertiary/aromatic N) is 1. The minimum atomic E-state index is -0.0807. The number of ether oxygens (including phenoxy) is 1. The molecule has 1 aromatic rings. The van der Waals surface area contributed by atoms with Crippen LogP contribution < -0.4 is 10.1 Å². The van der Waals surface area contributed by atoms with E-state index >= 15 is 0 Å². The van der Waals surface area contributed by atoms with Crippen LogP contribution in [-0.2, 0) is 4.79 Å². The van der Waals surface area contributed by atoms with E-state index in [1.807, 2.05) is 23.1 Å². The van der Waals surface area contributed by atoms with Crippen LogP contribution in [0.5, 0.6) is 5.75 Å². The second-order valence-electron chi connectivity index (χ2n) is 4.63. The van der Waals surface area contributed by atoms with Gasteiger partial charge in [0.1, 0.15) is 5.75 Å². The number of rotatable bonds is 9. The Labute approximate surface area is 120 Å². The molecule has 0 saturated carbocycles. The highest BCUT2D eigenvalue weighted by Gasteiger charge is 2.10. The number of aliphatic hydroxyl groups is 1. The molecule has 2 N–H and O–H groups in total. The van der Waals surface area contributed by atoms with Gasteiger partial charge in [0.2, 0.25) is 5.91 Å². The molecule has 1 rings (SSSR count). The third kappa shape index (κ3) is 6.04. The predicted molar refractivity (Wildman–Crippen MR) is 80.1 cm³/mol. The van der Waals surface area contributed by atoms with E-state index in [4.69, 9.17) is 9.84 Å². The molecule has 0 saturated heterocycles. The van der Waals surface area contributed by atoms with Crippen LogP contribution in [0.2, 0.25) is 0 Å². The molecule has 1 amide bonds. The van der Waals surface area contributed by atoms with Gasteiger partial charge in [0.15, 0.2) is 0 Å². The first-order valence-electron chi connectivity index (χ1n) is 6.96. The predicted octanol–water partition coefficient (Wildman–Crippen LogP) is 1.73. The van der Waals surface area contributed by atoms with Crippen LogP contribution in [0.15, 0.2) is 24.3 Å². The number of hydrogen-bond acceptors (Lipinski definition) is 4. The Morgan fingerprint density at radius 1 is 1.40 bits per heavy atom. The van der Waals surface area contributed by atoms with Crippen LogP contribution in [-0.4, -0.2) is 49.3 Å². The van der Waals surface area contributed by atoms with Crippen LogP contribution in [0.25, 0.3) is 0 Å². The van der Waals surface area contributed by atoms with Gasteiger partial charge in [0.05, 0.1) is 20.3 Å². The molecule has 0 aliphatic heterocycles. The second-order valence-corrected chi connectivity index (χ2v) is 4.63. The van der Waals surface area contributed by atoms with Gasteiger partial charge in [-0.15, -0.1) is 0 Å². The molecule has 0 heterocycles. The number of methoxy groups -OCH3 is 1. The highest BCUT2D eigenvalue weighted by atomic mass is 16.5. The number of anilines is 1. The van der Waals surface area contributed by atoms with Crippen LogP contribution in [0.4, 0.5) is 5.69 Å². The average molecular weight is 280 g/mol. The van der Waals surface area contributed by atoms with E-state index < -0.39 is 0 Å². The first kappa shape index (κ1) is 16.5. The third-order valence-electron chi connectivity index (χ3n) is 2.96. The smallest absolute Gasteiger partial charge is 0.238 e. The monoisotopic (exact) mass is 280 g/mol. The molecule has 0 atom stereocenters. The molecule has 0 unspecified atom stereocenters. The lowest BCUT2D eigenvalue weighted by Crippen LogP contribution is -2.35. The van der Waals surface area contributed by atoms with E-state index in [-0.39, 0.29) is 19.1 Å².